The van der Waals surface area contributed by atoms with E-state index >= 15 is 0 Å². The molecule has 1 unspecified atom stereocenters. The van der Waals surface area contributed by atoms with Gasteiger partial charge in [-0.3, -0.25) is 4.79 Å². The summed E-state index contributed by atoms with van der Waals surface area (Å²) in [6.45, 7) is 3.90. The van der Waals surface area contributed by atoms with E-state index in [0.717, 1.165) is 17.3 Å². The summed E-state index contributed by atoms with van der Waals surface area (Å²) in [7, 11) is 1.44. The van der Waals surface area contributed by atoms with Crippen molar-refractivity contribution in [2.24, 2.45) is 0 Å². The summed E-state index contributed by atoms with van der Waals surface area (Å²) < 4.78 is 4.68. The van der Waals surface area contributed by atoms with E-state index in [-0.39, 0.29) is 11.2 Å². The average Bonchev–Trinajstić information content (AvgIpc) is 2.29. The zero-order valence-corrected chi connectivity index (χ0v) is 8.67. The first kappa shape index (κ1) is 9.99. The lowest BCUT2D eigenvalue weighted by molar-refractivity contribution is -0.139. The zero-order valence-electron chi connectivity index (χ0n) is 7.04. The molecule has 4 heteroatoms. The molecule has 0 aromatic rings. The molecule has 12 heavy (non-hydrogen) atoms. The highest BCUT2D eigenvalue weighted by molar-refractivity contribution is 8.04. The van der Waals surface area contributed by atoms with Gasteiger partial charge in [0.15, 0.2) is 0 Å². The number of hydrogen-bond donors (Lipinski definition) is 0. The largest absolute Gasteiger partial charge is 0.468 e. The molecule has 0 N–H and O–H groups in total. The highest BCUT2D eigenvalue weighted by Crippen LogP contribution is 2.26. The summed E-state index contributed by atoms with van der Waals surface area (Å²) in [5, 5.41) is -0.000694. The molecule has 0 aromatic carbocycles. The molecule has 1 rings (SSSR count). The van der Waals surface area contributed by atoms with Gasteiger partial charge in [0.2, 0.25) is 0 Å². The van der Waals surface area contributed by atoms with Crippen LogP contribution >= 0.6 is 23.5 Å². The first-order valence-corrected chi connectivity index (χ1v) is 5.88. The van der Waals surface area contributed by atoms with Gasteiger partial charge in [0.05, 0.1) is 7.11 Å². The van der Waals surface area contributed by atoms with Crippen molar-refractivity contribution >= 4 is 29.5 Å². The van der Waals surface area contributed by atoms with Crippen LogP contribution in [0.2, 0.25) is 0 Å². The molecule has 0 bridgehead atoms. The zero-order chi connectivity index (χ0) is 8.97. The number of esters is 1. The van der Waals surface area contributed by atoms with Crippen molar-refractivity contribution in [3.05, 3.63) is 12.2 Å². The van der Waals surface area contributed by atoms with Crippen LogP contribution in [0, 0.1) is 0 Å². The topological polar surface area (TPSA) is 26.3 Å². The molecule has 0 aromatic heterocycles. The lowest BCUT2D eigenvalue weighted by Crippen LogP contribution is -2.20. The van der Waals surface area contributed by atoms with E-state index in [4.69, 9.17) is 0 Å². The van der Waals surface area contributed by atoms with E-state index < -0.39 is 0 Å². The van der Waals surface area contributed by atoms with Gasteiger partial charge in [-0.05, 0) is 0 Å². The van der Waals surface area contributed by atoms with Crippen LogP contribution < -0.4 is 0 Å². The minimum Gasteiger partial charge on any atom is -0.468 e. The Morgan fingerprint density at radius 2 is 2.42 bits per heavy atom. The summed E-state index contributed by atoms with van der Waals surface area (Å²) >= 11 is 3.38. The summed E-state index contributed by atoms with van der Waals surface area (Å²) in [6, 6.07) is 0. The number of thioether (sulfide) groups is 2. The monoisotopic (exact) mass is 204 g/mol. The van der Waals surface area contributed by atoms with Gasteiger partial charge in [0.1, 0.15) is 5.25 Å². The molecule has 0 aliphatic carbocycles. The van der Waals surface area contributed by atoms with Crippen LogP contribution in [-0.4, -0.2) is 35.6 Å². The number of hydrogen-bond acceptors (Lipinski definition) is 4. The van der Waals surface area contributed by atoms with Gasteiger partial charge in [-0.2, -0.15) is 11.8 Å². The maximum Gasteiger partial charge on any atom is 0.319 e. The molecule has 1 heterocycles. The summed E-state index contributed by atoms with van der Waals surface area (Å²) in [6.07, 6.45) is 0. The predicted molar refractivity (Wildman–Crippen MR) is 54.7 cm³/mol. The van der Waals surface area contributed by atoms with E-state index in [1.165, 1.54) is 12.7 Å². The Labute approximate surface area is 81.1 Å². The van der Waals surface area contributed by atoms with Crippen LogP contribution in [0.4, 0.5) is 0 Å². The molecule has 0 radical (unpaired) electrons. The Morgan fingerprint density at radius 1 is 1.67 bits per heavy atom. The highest BCUT2D eigenvalue weighted by Gasteiger charge is 2.22. The first-order chi connectivity index (χ1) is 5.74. The smallest absolute Gasteiger partial charge is 0.319 e. The van der Waals surface area contributed by atoms with Crippen LogP contribution in [-0.2, 0) is 9.53 Å². The second kappa shape index (κ2) is 4.82. The SMILES string of the molecule is C=C1CSCC(C(=O)OC)SC1. The third-order valence-corrected chi connectivity index (χ3v) is 4.26. The van der Waals surface area contributed by atoms with Crippen LogP contribution in [0.3, 0.4) is 0 Å². The molecule has 68 valence electrons. The van der Waals surface area contributed by atoms with Crippen molar-refractivity contribution in [3.8, 4) is 0 Å². The normalized spacial score (nSPS) is 24.8. The molecule has 2 nitrogen and oxygen atoms in total. The number of carbonyl (C=O) groups excluding carboxylic acids is 1. The first-order valence-electron chi connectivity index (χ1n) is 3.68. The van der Waals surface area contributed by atoms with Gasteiger partial charge >= 0.3 is 5.97 Å². The van der Waals surface area contributed by atoms with Gasteiger partial charge in [0, 0.05) is 17.3 Å². The minimum atomic E-state index is -0.109. The van der Waals surface area contributed by atoms with Gasteiger partial charge in [-0.25, -0.2) is 0 Å². The summed E-state index contributed by atoms with van der Waals surface area (Å²) in [5.41, 5.74) is 1.21. The van der Waals surface area contributed by atoms with E-state index in [0.29, 0.717) is 0 Å². The number of ether oxygens (including phenoxy) is 1. The fourth-order valence-corrected chi connectivity index (χ4v) is 3.32. The molecular formula is C8H12O2S2. The van der Waals surface area contributed by atoms with Crippen LogP contribution in [0.25, 0.3) is 0 Å². The third-order valence-electron chi connectivity index (χ3n) is 1.53. The fraction of sp³-hybridized carbons (Fsp3) is 0.625. The van der Waals surface area contributed by atoms with Gasteiger partial charge in [-0.1, -0.05) is 12.2 Å². The highest BCUT2D eigenvalue weighted by atomic mass is 32.2. The molecule has 1 atom stereocenters. The number of rotatable bonds is 1. The minimum absolute atomic E-state index is 0.000694. The van der Waals surface area contributed by atoms with E-state index in [1.54, 1.807) is 23.5 Å². The maximum atomic E-state index is 11.1. The van der Waals surface area contributed by atoms with Gasteiger partial charge < -0.3 is 4.74 Å². The molecule has 0 amide bonds. The lowest BCUT2D eigenvalue weighted by atomic mass is 10.4. The van der Waals surface area contributed by atoms with Crippen molar-refractivity contribution in [1.82, 2.24) is 0 Å². The Hall–Kier alpha value is -0.0900. The molecule has 1 saturated heterocycles. The summed E-state index contributed by atoms with van der Waals surface area (Å²) in [5.74, 6) is 2.59. The van der Waals surface area contributed by atoms with Crippen molar-refractivity contribution < 1.29 is 9.53 Å². The second-order valence-electron chi connectivity index (χ2n) is 2.59. The molecule has 1 aliphatic rings. The van der Waals surface area contributed by atoms with E-state index in [2.05, 4.69) is 11.3 Å². The quantitative estimate of drug-likeness (QED) is 0.478. The van der Waals surface area contributed by atoms with Crippen molar-refractivity contribution in [2.75, 3.05) is 24.4 Å². The Bertz CT molecular complexity index is 191. The van der Waals surface area contributed by atoms with E-state index in [9.17, 15) is 4.79 Å². The second-order valence-corrected chi connectivity index (χ2v) is 4.81. The lowest BCUT2D eigenvalue weighted by Gasteiger charge is -2.08. The number of carbonyl (C=O) groups is 1. The maximum absolute atomic E-state index is 11.1. The van der Waals surface area contributed by atoms with Crippen LogP contribution in [0.1, 0.15) is 0 Å². The standard InChI is InChI=1S/C8H12O2S2/c1-6-3-11-5-7(12-4-6)8(9)10-2/h7H,1,3-5H2,2H3. The fourth-order valence-electron chi connectivity index (χ4n) is 0.886. The average molecular weight is 204 g/mol. The van der Waals surface area contributed by atoms with Crippen LogP contribution in [0.15, 0.2) is 12.2 Å². The van der Waals surface area contributed by atoms with Crippen molar-refractivity contribution in [2.45, 2.75) is 5.25 Å². The van der Waals surface area contributed by atoms with Gasteiger partial charge in [-0.15, -0.1) is 11.8 Å². The predicted octanol–water partition coefficient (Wildman–Crippen LogP) is 1.56. The summed E-state index contributed by atoms with van der Waals surface area (Å²) in [4.78, 5) is 11.1. The Kier molecular flexibility index (Phi) is 4.01. The molecular weight excluding hydrogens is 192 g/mol. The molecule has 1 aliphatic heterocycles. The third kappa shape index (κ3) is 2.75. The van der Waals surface area contributed by atoms with Crippen molar-refractivity contribution in [3.63, 3.8) is 0 Å². The molecule has 0 saturated carbocycles. The molecule has 1 fully saturated rings. The Balaban J connectivity index is 2.45. The van der Waals surface area contributed by atoms with E-state index in [1.807, 2.05) is 0 Å². The van der Waals surface area contributed by atoms with Gasteiger partial charge in [0.25, 0.3) is 0 Å². The molecule has 0 spiro atoms. The Morgan fingerprint density at radius 3 is 3.08 bits per heavy atom. The number of methoxy groups -OCH3 is 1. The van der Waals surface area contributed by atoms with Crippen LogP contribution in [0.5, 0.6) is 0 Å². The van der Waals surface area contributed by atoms with Crippen molar-refractivity contribution in [1.29, 1.82) is 0 Å².